The van der Waals surface area contributed by atoms with Crippen molar-refractivity contribution in [1.29, 1.82) is 0 Å². The molecule has 1 heterocycles. The molecule has 1 aliphatic heterocycles. The van der Waals surface area contributed by atoms with E-state index >= 15 is 0 Å². The van der Waals surface area contributed by atoms with Gasteiger partial charge >= 0.3 is 6.61 Å². The molecule has 0 atom stereocenters. The highest BCUT2D eigenvalue weighted by Crippen LogP contribution is 2.19. The van der Waals surface area contributed by atoms with Gasteiger partial charge in [-0.3, -0.25) is 4.79 Å². The third kappa shape index (κ3) is 5.76. The predicted molar refractivity (Wildman–Crippen MR) is 84.0 cm³/mol. The molecular weight excluding hydrogens is 304 g/mol. The van der Waals surface area contributed by atoms with Gasteiger partial charge in [-0.15, -0.1) is 0 Å². The molecule has 128 valence electrons. The van der Waals surface area contributed by atoms with Crippen LogP contribution < -0.4 is 10.1 Å². The Morgan fingerprint density at radius 1 is 1.26 bits per heavy atom. The number of hydrogen-bond donors (Lipinski definition) is 1. The van der Waals surface area contributed by atoms with Crippen molar-refractivity contribution in [2.45, 2.75) is 13.0 Å². The van der Waals surface area contributed by atoms with Crippen molar-refractivity contribution in [3.63, 3.8) is 0 Å². The summed E-state index contributed by atoms with van der Waals surface area (Å²) >= 11 is 0. The molecule has 1 aliphatic rings. The number of ether oxygens (including phenoxy) is 1. The van der Waals surface area contributed by atoms with Crippen LogP contribution in [0.25, 0.3) is 0 Å². The average Bonchev–Trinajstić information content (AvgIpc) is 2.53. The van der Waals surface area contributed by atoms with E-state index in [4.69, 9.17) is 0 Å². The highest BCUT2D eigenvalue weighted by molar-refractivity contribution is 5.96. The number of hydrogen-bond acceptors (Lipinski definition) is 4. The fourth-order valence-corrected chi connectivity index (χ4v) is 2.52. The molecule has 2 rings (SSSR count). The number of nitrogens with one attached hydrogen (secondary N) is 1. The maximum absolute atomic E-state index is 12.3. The Bertz CT molecular complexity index is 506. The average molecular weight is 327 g/mol. The highest BCUT2D eigenvalue weighted by atomic mass is 19.3. The Kier molecular flexibility index (Phi) is 6.73. The number of benzene rings is 1. The number of para-hydroxylation sites is 1. The summed E-state index contributed by atoms with van der Waals surface area (Å²) in [5.41, 5.74) is 0.132. The summed E-state index contributed by atoms with van der Waals surface area (Å²) in [6.07, 6.45) is 0.827. The number of carbonyl (C=O) groups is 1. The molecule has 0 spiro atoms. The van der Waals surface area contributed by atoms with Crippen molar-refractivity contribution in [1.82, 2.24) is 15.1 Å². The molecule has 7 heteroatoms. The lowest BCUT2D eigenvalue weighted by atomic mass is 10.2. The number of nitrogens with zero attached hydrogens (tertiary/aromatic N) is 2. The summed E-state index contributed by atoms with van der Waals surface area (Å²) in [6, 6.07) is 6.03. The first kappa shape index (κ1) is 17.6. The molecule has 0 aliphatic carbocycles. The van der Waals surface area contributed by atoms with Crippen molar-refractivity contribution in [3.05, 3.63) is 29.8 Å². The van der Waals surface area contributed by atoms with Crippen molar-refractivity contribution in [2.24, 2.45) is 0 Å². The van der Waals surface area contributed by atoms with E-state index in [1.54, 1.807) is 12.1 Å². The van der Waals surface area contributed by atoms with E-state index in [1.807, 2.05) is 0 Å². The smallest absolute Gasteiger partial charge is 0.387 e. The molecule has 1 fully saturated rings. The number of carbonyl (C=O) groups excluding carboxylic acids is 1. The molecule has 1 aromatic rings. The van der Waals surface area contributed by atoms with E-state index in [1.165, 1.54) is 12.1 Å². The molecule has 1 N–H and O–H groups in total. The van der Waals surface area contributed by atoms with Crippen LogP contribution in [0, 0.1) is 0 Å². The molecule has 0 aromatic heterocycles. The molecule has 1 amide bonds. The van der Waals surface area contributed by atoms with E-state index in [9.17, 15) is 13.6 Å². The maximum Gasteiger partial charge on any atom is 0.387 e. The minimum Gasteiger partial charge on any atom is -0.434 e. The van der Waals surface area contributed by atoms with Gasteiger partial charge in [-0.05, 0) is 32.1 Å². The minimum absolute atomic E-state index is 0.0981. The Balaban J connectivity index is 1.74. The number of likely N-dealkylation sites (N-methyl/N-ethyl adjacent to an activating group) is 1. The van der Waals surface area contributed by atoms with Gasteiger partial charge in [0.25, 0.3) is 5.91 Å². The van der Waals surface area contributed by atoms with Gasteiger partial charge in [0.1, 0.15) is 5.75 Å². The number of halogens is 2. The van der Waals surface area contributed by atoms with Crippen LogP contribution in [0.1, 0.15) is 16.8 Å². The number of piperazine rings is 1. The first-order chi connectivity index (χ1) is 11.1. The fourth-order valence-electron chi connectivity index (χ4n) is 2.52. The number of alkyl halides is 2. The topological polar surface area (TPSA) is 44.8 Å². The lowest BCUT2D eigenvalue weighted by Gasteiger charge is -2.32. The quantitative estimate of drug-likeness (QED) is 0.774. The monoisotopic (exact) mass is 327 g/mol. The normalized spacial score (nSPS) is 16.5. The molecule has 1 aromatic carbocycles. The highest BCUT2D eigenvalue weighted by Gasteiger charge is 2.16. The third-order valence-corrected chi connectivity index (χ3v) is 3.88. The van der Waals surface area contributed by atoms with Gasteiger partial charge in [-0.2, -0.15) is 8.78 Å². The second-order valence-corrected chi connectivity index (χ2v) is 5.63. The second-order valence-electron chi connectivity index (χ2n) is 5.63. The first-order valence-electron chi connectivity index (χ1n) is 7.79. The minimum atomic E-state index is -2.94. The standard InChI is InChI=1S/C16H23F2N3O2/c1-20-9-11-21(12-10-20)8-4-7-19-15(22)13-5-2-3-6-14(13)23-16(17)18/h2-3,5-6,16H,4,7-12H2,1H3,(H,19,22). The van der Waals surface area contributed by atoms with Gasteiger partial charge in [0.15, 0.2) is 0 Å². The zero-order chi connectivity index (χ0) is 16.7. The van der Waals surface area contributed by atoms with Crippen LogP contribution >= 0.6 is 0 Å². The lowest BCUT2D eigenvalue weighted by molar-refractivity contribution is -0.0501. The molecule has 1 saturated heterocycles. The van der Waals surface area contributed by atoms with Crippen LogP contribution in [0.5, 0.6) is 5.75 Å². The van der Waals surface area contributed by atoms with Gasteiger partial charge in [-0.1, -0.05) is 12.1 Å². The van der Waals surface area contributed by atoms with Crippen molar-refractivity contribution in [2.75, 3.05) is 46.3 Å². The van der Waals surface area contributed by atoms with Crippen LogP contribution in [0.3, 0.4) is 0 Å². The first-order valence-corrected chi connectivity index (χ1v) is 7.79. The lowest BCUT2D eigenvalue weighted by Crippen LogP contribution is -2.45. The Morgan fingerprint density at radius 2 is 1.96 bits per heavy atom. The Hall–Kier alpha value is -1.73. The van der Waals surface area contributed by atoms with E-state index in [0.717, 1.165) is 39.1 Å². The maximum atomic E-state index is 12.3. The second kappa shape index (κ2) is 8.79. The van der Waals surface area contributed by atoms with Gasteiger partial charge < -0.3 is 19.9 Å². The number of rotatable bonds is 7. The fraction of sp³-hybridized carbons (Fsp3) is 0.562. The summed E-state index contributed by atoms with van der Waals surface area (Å²) in [5.74, 6) is -0.487. The molecule has 0 saturated carbocycles. The molecule has 5 nitrogen and oxygen atoms in total. The van der Waals surface area contributed by atoms with Crippen molar-refractivity contribution in [3.8, 4) is 5.75 Å². The van der Waals surface area contributed by atoms with Crippen molar-refractivity contribution >= 4 is 5.91 Å². The predicted octanol–water partition coefficient (Wildman–Crippen LogP) is 1.66. The van der Waals surface area contributed by atoms with E-state index in [-0.39, 0.29) is 17.2 Å². The Labute approximate surface area is 135 Å². The molecule has 23 heavy (non-hydrogen) atoms. The molecule has 0 unspecified atom stereocenters. The molecule has 0 bridgehead atoms. The summed E-state index contributed by atoms with van der Waals surface area (Å²) in [6.45, 7) is 2.68. The number of amides is 1. The van der Waals surface area contributed by atoms with Gasteiger partial charge in [0.05, 0.1) is 5.56 Å². The molecule has 0 radical (unpaired) electrons. The van der Waals surface area contributed by atoms with Crippen LogP contribution in [0.4, 0.5) is 8.78 Å². The van der Waals surface area contributed by atoms with Crippen LogP contribution in [-0.4, -0.2) is 68.6 Å². The van der Waals surface area contributed by atoms with Gasteiger partial charge in [0.2, 0.25) is 0 Å². The van der Waals surface area contributed by atoms with Crippen LogP contribution in [0.15, 0.2) is 24.3 Å². The summed E-state index contributed by atoms with van der Waals surface area (Å²) in [4.78, 5) is 16.7. The van der Waals surface area contributed by atoms with Crippen LogP contribution in [-0.2, 0) is 0 Å². The Morgan fingerprint density at radius 3 is 2.65 bits per heavy atom. The van der Waals surface area contributed by atoms with Crippen LogP contribution in [0.2, 0.25) is 0 Å². The van der Waals surface area contributed by atoms with E-state index < -0.39 is 6.61 Å². The van der Waals surface area contributed by atoms with Gasteiger partial charge in [-0.25, -0.2) is 0 Å². The zero-order valence-electron chi connectivity index (χ0n) is 13.3. The largest absolute Gasteiger partial charge is 0.434 e. The summed E-state index contributed by atoms with van der Waals surface area (Å²) < 4.78 is 29.1. The van der Waals surface area contributed by atoms with Gasteiger partial charge in [0, 0.05) is 32.7 Å². The molecular formula is C16H23F2N3O2. The van der Waals surface area contributed by atoms with E-state index in [0.29, 0.717) is 6.54 Å². The van der Waals surface area contributed by atoms with Crippen molar-refractivity contribution < 1.29 is 18.3 Å². The SMILES string of the molecule is CN1CCN(CCCNC(=O)c2ccccc2OC(F)F)CC1. The third-order valence-electron chi connectivity index (χ3n) is 3.88. The summed E-state index contributed by atoms with van der Waals surface area (Å²) in [7, 11) is 2.11. The van der Waals surface area contributed by atoms with E-state index in [2.05, 4.69) is 26.9 Å². The summed E-state index contributed by atoms with van der Waals surface area (Å²) in [5, 5.41) is 2.76. The zero-order valence-corrected chi connectivity index (χ0v) is 13.3.